The number of sulfone groups is 1. The first-order valence-electron chi connectivity index (χ1n) is 12.2. The molecule has 2 fully saturated rings. The van der Waals surface area contributed by atoms with E-state index < -0.39 is 27.8 Å². The molecule has 1 aromatic heterocycles. The average Bonchev–Trinajstić information content (AvgIpc) is 3.25. The lowest BCUT2D eigenvalue weighted by molar-refractivity contribution is -0.119. The van der Waals surface area contributed by atoms with Crippen molar-refractivity contribution in [2.45, 2.75) is 37.8 Å². The van der Waals surface area contributed by atoms with E-state index >= 15 is 0 Å². The van der Waals surface area contributed by atoms with Crippen LogP contribution in [0.15, 0.2) is 48.7 Å². The van der Waals surface area contributed by atoms with E-state index in [1.807, 2.05) is 0 Å². The molecule has 2 aliphatic heterocycles. The fourth-order valence-electron chi connectivity index (χ4n) is 4.90. The van der Waals surface area contributed by atoms with E-state index in [1.54, 1.807) is 53.6 Å². The molecule has 0 bridgehead atoms. The molecule has 9 nitrogen and oxygen atoms in total. The highest BCUT2D eigenvalue weighted by atomic mass is 35.5. The summed E-state index contributed by atoms with van der Waals surface area (Å²) in [7, 11) is -3.38. The fourth-order valence-corrected chi connectivity index (χ4v) is 6.76. The van der Waals surface area contributed by atoms with Gasteiger partial charge in [0, 0.05) is 46.9 Å². The van der Waals surface area contributed by atoms with Crippen LogP contribution >= 0.6 is 11.6 Å². The molecule has 5 rings (SSSR count). The predicted octanol–water partition coefficient (Wildman–Crippen LogP) is 3.05. The molecule has 11 heteroatoms. The van der Waals surface area contributed by atoms with Crippen LogP contribution in [0, 0.1) is 0 Å². The number of hydrogen-bond acceptors (Lipinski definition) is 5. The Morgan fingerprint density at radius 2 is 1.68 bits per heavy atom. The van der Waals surface area contributed by atoms with E-state index in [0.717, 1.165) is 23.9 Å². The number of carbonyl (C=O) groups is 3. The topological polar surface area (TPSA) is 128 Å². The molecular formula is C26H27ClN4O5S. The lowest BCUT2D eigenvalue weighted by atomic mass is 10.0. The van der Waals surface area contributed by atoms with Crippen molar-refractivity contribution < 1.29 is 22.8 Å². The number of hydrogen-bond donors (Lipinski definition) is 3. The molecule has 0 unspecified atom stereocenters. The largest absolute Gasteiger partial charge is 0.360 e. The molecule has 37 heavy (non-hydrogen) atoms. The summed E-state index contributed by atoms with van der Waals surface area (Å²) in [6.45, 7) is 0.648. The molecule has 3 amide bonds. The van der Waals surface area contributed by atoms with Crippen molar-refractivity contribution in [3.8, 4) is 0 Å². The molecule has 0 radical (unpaired) electrons. The molecule has 3 heterocycles. The average molecular weight is 543 g/mol. The van der Waals surface area contributed by atoms with E-state index in [9.17, 15) is 22.8 Å². The third-order valence-electron chi connectivity index (χ3n) is 6.95. The summed E-state index contributed by atoms with van der Waals surface area (Å²) in [5.74, 6) is -1.09. The van der Waals surface area contributed by atoms with Crippen LogP contribution in [0.1, 0.15) is 46.4 Å². The molecule has 3 N–H and O–H groups in total. The van der Waals surface area contributed by atoms with Crippen molar-refractivity contribution in [1.29, 1.82) is 0 Å². The van der Waals surface area contributed by atoms with Crippen LogP contribution in [0.25, 0.3) is 10.9 Å². The van der Waals surface area contributed by atoms with Gasteiger partial charge in [0.15, 0.2) is 9.84 Å². The molecule has 2 saturated heterocycles. The Morgan fingerprint density at radius 1 is 0.973 bits per heavy atom. The van der Waals surface area contributed by atoms with Gasteiger partial charge in [-0.25, -0.2) is 8.42 Å². The van der Waals surface area contributed by atoms with Crippen LogP contribution in [-0.4, -0.2) is 61.3 Å². The molecule has 3 aromatic rings. The van der Waals surface area contributed by atoms with E-state index in [1.165, 1.54) is 0 Å². The Morgan fingerprint density at radius 3 is 2.43 bits per heavy atom. The minimum atomic E-state index is -3.38. The number of rotatable bonds is 5. The Labute approximate surface area is 219 Å². The van der Waals surface area contributed by atoms with Crippen molar-refractivity contribution in [2.24, 2.45) is 0 Å². The summed E-state index contributed by atoms with van der Waals surface area (Å²) in [5, 5.41) is 7.05. The standard InChI is InChI=1S/C26H27ClN4O5S/c27-20-14-28-22-13-17(6-9-19(20)22)26(34)29-21-10-12-37(35,36)15-23(21)30-25(33)16-4-7-18(8-5-16)31-11-2-1-3-24(31)32/h4-9,13-14,21,23,28H,1-3,10-12,15H2,(H,29,34)(H,30,33)/t21-,23-/m1/s1. The smallest absolute Gasteiger partial charge is 0.251 e. The number of nitrogens with one attached hydrogen (secondary N) is 3. The maximum absolute atomic E-state index is 13.0. The van der Waals surface area contributed by atoms with Crippen molar-refractivity contribution in [3.05, 3.63) is 64.8 Å². The summed E-state index contributed by atoms with van der Waals surface area (Å²) >= 11 is 6.11. The van der Waals surface area contributed by atoms with Gasteiger partial charge in [0.2, 0.25) is 5.91 Å². The molecule has 0 spiro atoms. The SMILES string of the molecule is O=C(N[C@@H]1CCS(=O)(=O)C[C@H]1NC(=O)c1ccc(N2CCCCC2=O)cc1)c1ccc2c(Cl)c[nH]c2c1. The van der Waals surface area contributed by atoms with Gasteiger partial charge in [-0.1, -0.05) is 17.7 Å². The highest BCUT2D eigenvalue weighted by Crippen LogP contribution is 2.24. The van der Waals surface area contributed by atoms with Gasteiger partial charge in [0.1, 0.15) is 0 Å². The Hall–Kier alpha value is -3.37. The lowest BCUT2D eigenvalue weighted by Gasteiger charge is -2.32. The van der Waals surface area contributed by atoms with Gasteiger partial charge in [0.25, 0.3) is 11.8 Å². The summed E-state index contributed by atoms with van der Waals surface area (Å²) in [6, 6.07) is 10.4. The molecular weight excluding hydrogens is 516 g/mol. The number of H-pyrrole nitrogens is 1. The number of nitrogens with zero attached hydrogens (tertiary/aromatic N) is 1. The van der Waals surface area contributed by atoms with E-state index in [4.69, 9.17) is 11.6 Å². The number of amides is 3. The highest BCUT2D eigenvalue weighted by molar-refractivity contribution is 7.91. The lowest BCUT2D eigenvalue weighted by Crippen LogP contribution is -2.58. The summed E-state index contributed by atoms with van der Waals surface area (Å²) in [5.41, 5.74) is 2.18. The zero-order valence-electron chi connectivity index (χ0n) is 20.0. The van der Waals surface area contributed by atoms with Gasteiger partial charge in [-0.05, 0) is 55.7 Å². The number of halogens is 1. The second kappa shape index (κ2) is 10.2. The van der Waals surface area contributed by atoms with Gasteiger partial charge in [-0.15, -0.1) is 0 Å². The number of benzene rings is 2. The molecule has 0 aliphatic carbocycles. The number of anilines is 1. The maximum Gasteiger partial charge on any atom is 0.251 e. The van der Waals surface area contributed by atoms with Gasteiger partial charge < -0.3 is 20.5 Å². The number of piperidine rings is 1. The van der Waals surface area contributed by atoms with E-state index in [2.05, 4.69) is 15.6 Å². The van der Waals surface area contributed by atoms with Crippen LogP contribution in [0.2, 0.25) is 5.02 Å². The van der Waals surface area contributed by atoms with Crippen molar-refractivity contribution >= 4 is 55.8 Å². The first-order chi connectivity index (χ1) is 17.7. The molecule has 0 saturated carbocycles. The van der Waals surface area contributed by atoms with Crippen LogP contribution in [0.3, 0.4) is 0 Å². The van der Waals surface area contributed by atoms with Crippen molar-refractivity contribution in [3.63, 3.8) is 0 Å². The third kappa shape index (κ3) is 5.50. The number of fused-ring (bicyclic) bond motifs is 1. The van der Waals surface area contributed by atoms with Gasteiger partial charge in [0.05, 0.1) is 28.6 Å². The normalized spacial score (nSPS) is 21.5. The van der Waals surface area contributed by atoms with E-state index in [0.29, 0.717) is 34.6 Å². The number of aromatic nitrogens is 1. The maximum atomic E-state index is 13.0. The highest BCUT2D eigenvalue weighted by Gasteiger charge is 2.35. The Bertz CT molecular complexity index is 1470. The minimum Gasteiger partial charge on any atom is -0.360 e. The van der Waals surface area contributed by atoms with Crippen molar-refractivity contribution in [1.82, 2.24) is 15.6 Å². The minimum absolute atomic E-state index is 0.0629. The van der Waals surface area contributed by atoms with Crippen LogP contribution in [-0.2, 0) is 14.6 Å². The monoisotopic (exact) mass is 542 g/mol. The first-order valence-corrected chi connectivity index (χ1v) is 14.4. The van der Waals surface area contributed by atoms with E-state index in [-0.39, 0.29) is 29.7 Å². The second-order valence-corrected chi connectivity index (χ2v) is 12.1. The zero-order valence-corrected chi connectivity index (χ0v) is 21.6. The van der Waals surface area contributed by atoms with Gasteiger partial charge in [-0.2, -0.15) is 0 Å². The first kappa shape index (κ1) is 25.3. The zero-order chi connectivity index (χ0) is 26.2. The summed E-state index contributed by atoms with van der Waals surface area (Å²) in [6.07, 6.45) is 4.16. The summed E-state index contributed by atoms with van der Waals surface area (Å²) < 4.78 is 24.7. The Kier molecular flexibility index (Phi) is 6.96. The van der Waals surface area contributed by atoms with Gasteiger partial charge >= 0.3 is 0 Å². The number of carbonyl (C=O) groups excluding carboxylic acids is 3. The third-order valence-corrected chi connectivity index (χ3v) is 8.99. The molecule has 2 aliphatic rings. The fraction of sp³-hybridized carbons (Fsp3) is 0.346. The molecule has 2 atom stereocenters. The molecule has 2 aromatic carbocycles. The van der Waals surface area contributed by atoms with Crippen LogP contribution in [0.4, 0.5) is 5.69 Å². The second-order valence-electron chi connectivity index (χ2n) is 9.51. The Balaban J connectivity index is 1.29. The van der Waals surface area contributed by atoms with Gasteiger partial charge in [-0.3, -0.25) is 14.4 Å². The summed E-state index contributed by atoms with van der Waals surface area (Å²) in [4.78, 5) is 42.9. The number of aromatic amines is 1. The van der Waals surface area contributed by atoms with Crippen molar-refractivity contribution in [2.75, 3.05) is 23.0 Å². The predicted molar refractivity (Wildman–Crippen MR) is 142 cm³/mol. The molecule has 194 valence electrons. The van der Waals surface area contributed by atoms with Crippen LogP contribution in [0.5, 0.6) is 0 Å². The van der Waals surface area contributed by atoms with Crippen LogP contribution < -0.4 is 15.5 Å². The quantitative estimate of drug-likeness (QED) is 0.456.